The van der Waals surface area contributed by atoms with Gasteiger partial charge in [0.1, 0.15) is 6.10 Å². The molecule has 2 nitrogen and oxygen atoms in total. The second kappa shape index (κ2) is 6.28. The molecule has 1 fully saturated rings. The highest BCUT2D eigenvalue weighted by Gasteiger charge is 2.23. The number of hydrogen-bond acceptors (Lipinski definition) is 2. The predicted octanol–water partition coefficient (Wildman–Crippen LogP) is 4.00. The fraction of sp³-hybridized carbons (Fsp3) is 0.800. The first kappa shape index (κ1) is 10.9. The molecule has 1 saturated carbocycles. The van der Waals surface area contributed by atoms with Crippen LogP contribution in [0.15, 0.2) is 11.9 Å². The molecule has 0 N–H and O–H groups in total. The topological polar surface area (TPSA) is 26.3 Å². The Morgan fingerprint density at radius 1 is 1.38 bits per heavy atom. The minimum Gasteiger partial charge on any atom is -0.139 e. The Morgan fingerprint density at radius 2 is 2.08 bits per heavy atom. The SMILES string of the molecule is CCC=C[P+](=O)OC1CCCCC1. The van der Waals surface area contributed by atoms with Crippen LogP contribution in [-0.2, 0) is 9.09 Å². The third kappa shape index (κ3) is 4.54. The van der Waals surface area contributed by atoms with Gasteiger partial charge in [0.05, 0.1) is 0 Å². The Bertz CT molecular complexity index is 183. The van der Waals surface area contributed by atoms with Crippen molar-refractivity contribution >= 4 is 8.03 Å². The Kier molecular flexibility index (Phi) is 5.26. The van der Waals surface area contributed by atoms with Crippen LogP contribution in [0.1, 0.15) is 45.4 Å². The highest BCUT2D eigenvalue weighted by molar-refractivity contribution is 7.42. The average molecular weight is 201 g/mol. The fourth-order valence-corrected chi connectivity index (χ4v) is 2.50. The molecule has 13 heavy (non-hydrogen) atoms. The van der Waals surface area contributed by atoms with Gasteiger partial charge in [-0.15, -0.1) is 4.52 Å². The number of allylic oxidation sites excluding steroid dienone is 1. The van der Waals surface area contributed by atoms with E-state index in [0.717, 1.165) is 19.3 Å². The predicted molar refractivity (Wildman–Crippen MR) is 55.0 cm³/mol. The van der Waals surface area contributed by atoms with E-state index in [1.165, 1.54) is 19.3 Å². The average Bonchev–Trinajstić information content (AvgIpc) is 2.16. The van der Waals surface area contributed by atoms with Gasteiger partial charge in [-0.1, -0.05) is 26.2 Å². The van der Waals surface area contributed by atoms with Crippen molar-refractivity contribution in [2.45, 2.75) is 51.6 Å². The molecule has 1 atom stereocenters. The van der Waals surface area contributed by atoms with Crippen LogP contribution in [0.4, 0.5) is 0 Å². The van der Waals surface area contributed by atoms with E-state index in [0.29, 0.717) is 0 Å². The molecule has 0 aromatic carbocycles. The van der Waals surface area contributed by atoms with Gasteiger partial charge in [-0.3, -0.25) is 0 Å². The zero-order chi connectivity index (χ0) is 9.52. The molecular weight excluding hydrogens is 183 g/mol. The molecule has 0 aromatic rings. The highest BCUT2D eigenvalue weighted by atomic mass is 31.1. The highest BCUT2D eigenvalue weighted by Crippen LogP contribution is 2.32. The van der Waals surface area contributed by atoms with Gasteiger partial charge in [0.15, 0.2) is 5.82 Å². The van der Waals surface area contributed by atoms with Gasteiger partial charge in [0, 0.05) is 0 Å². The molecule has 74 valence electrons. The number of hydrogen-bond donors (Lipinski definition) is 0. The van der Waals surface area contributed by atoms with E-state index in [4.69, 9.17) is 4.52 Å². The normalized spacial score (nSPS) is 20.8. The maximum Gasteiger partial charge on any atom is 0.540 e. The summed E-state index contributed by atoms with van der Waals surface area (Å²) in [6.07, 6.45) is 9.01. The van der Waals surface area contributed by atoms with Crippen molar-refractivity contribution in [3.05, 3.63) is 11.9 Å². The first-order chi connectivity index (χ1) is 6.33. The third-order valence-electron chi connectivity index (χ3n) is 2.27. The summed E-state index contributed by atoms with van der Waals surface area (Å²) in [6.45, 7) is 2.03. The molecule has 0 aromatic heterocycles. The van der Waals surface area contributed by atoms with Crippen molar-refractivity contribution in [2.75, 3.05) is 0 Å². The fourth-order valence-electron chi connectivity index (χ4n) is 1.54. The van der Waals surface area contributed by atoms with Gasteiger partial charge in [0.25, 0.3) is 0 Å². The molecule has 1 aliphatic rings. The van der Waals surface area contributed by atoms with E-state index in [1.54, 1.807) is 5.82 Å². The van der Waals surface area contributed by atoms with E-state index in [2.05, 4.69) is 0 Å². The lowest BCUT2D eigenvalue weighted by Crippen LogP contribution is -2.12. The van der Waals surface area contributed by atoms with Crippen molar-refractivity contribution in [1.82, 2.24) is 0 Å². The molecule has 0 amide bonds. The van der Waals surface area contributed by atoms with Crippen LogP contribution in [0.3, 0.4) is 0 Å². The van der Waals surface area contributed by atoms with Gasteiger partial charge in [0.2, 0.25) is 0 Å². The zero-order valence-electron chi connectivity index (χ0n) is 8.24. The summed E-state index contributed by atoms with van der Waals surface area (Å²) in [5, 5.41) is 0. The maximum absolute atomic E-state index is 11.3. The Hall–Kier alpha value is -0.200. The summed E-state index contributed by atoms with van der Waals surface area (Å²) >= 11 is 0. The van der Waals surface area contributed by atoms with Crippen molar-refractivity contribution in [2.24, 2.45) is 0 Å². The lowest BCUT2D eigenvalue weighted by Gasteiger charge is -2.15. The number of rotatable bonds is 4. The van der Waals surface area contributed by atoms with Gasteiger partial charge in [-0.2, -0.15) is 0 Å². The Morgan fingerprint density at radius 3 is 2.69 bits per heavy atom. The van der Waals surface area contributed by atoms with E-state index in [9.17, 15) is 4.57 Å². The summed E-state index contributed by atoms with van der Waals surface area (Å²) in [5.41, 5.74) is 0. The van der Waals surface area contributed by atoms with Crippen LogP contribution in [0.5, 0.6) is 0 Å². The maximum atomic E-state index is 11.3. The molecule has 0 aliphatic heterocycles. The van der Waals surface area contributed by atoms with Gasteiger partial charge in [-0.25, -0.2) is 0 Å². The van der Waals surface area contributed by atoms with Crippen LogP contribution in [0, 0.1) is 0 Å². The summed E-state index contributed by atoms with van der Waals surface area (Å²) < 4.78 is 16.7. The van der Waals surface area contributed by atoms with Crippen molar-refractivity contribution < 1.29 is 9.09 Å². The van der Waals surface area contributed by atoms with Crippen LogP contribution < -0.4 is 0 Å². The van der Waals surface area contributed by atoms with Crippen LogP contribution >= 0.6 is 8.03 Å². The zero-order valence-corrected chi connectivity index (χ0v) is 9.13. The Labute approximate surface area is 81.2 Å². The molecule has 0 radical (unpaired) electrons. The molecule has 0 saturated heterocycles. The summed E-state index contributed by atoms with van der Waals surface area (Å²) in [4.78, 5) is 0. The van der Waals surface area contributed by atoms with Crippen molar-refractivity contribution in [3.8, 4) is 0 Å². The molecule has 1 aliphatic carbocycles. The monoisotopic (exact) mass is 201 g/mol. The minimum absolute atomic E-state index is 0.249. The summed E-state index contributed by atoms with van der Waals surface area (Å²) in [6, 6.07) is 0. The second-order valence-corrected chi connectivity index (χ2v) is 4.52. The van der Waals surface area contributed by atoms with Crippen molar-refractivity contribution in [3.63, 3.8) is 0 Å². The minimum atomic E-state index is -1.54. The molecule has 3 heteroatoms. The van der Waals surface area contributed by atoms with Gasteiger partial charge < -0.3 is 0 Å². The Balaban J connectivity index is 2.22. The smallest absolute Gasteiger partial charge is 0.139 e. The lowest BCUT2D eigenvalue weighted by molar-refractivity contribution is 0.168. The molecule has 1 rings (SSSR count). The van der Waals surface area contributed by atoms with Crippen molar-refractivity contribution in [1.29, 1.82) is 0 Å². The van der Waals surface area contributed by atoms with E-state index in [1.807, 2.05) is 13.0 Å². The molecule has 1 unspecified atom stereocenters. The first-order valence-electron chi connectivity index (χ1n) is 5.12. The van der Waals surface area contributed by atoms with Crippen LogP contribution in [0.2, 0.25) is 0 Å². The molecule has 0 heterocycles. The largest absolute Gasteiger partial charge is 0.540 e. The van der Waals surface area contributed by atoms with Crippen LogP contribution in [-0.4, -0.2) is 6.10 Å². The van der Waals surface area contributed by atoms with Crippen LogP contribution in [0.25, 0.3) is 0 Å². The summed E-state index contributed by atoms with van der Waals surface area (Å²) in [5.74, 6) is 1.68. The van der Waals surface area contributed by atoms with E-state index >= 15 is 0 Å². The first-order valence-corrected chi connectivity index (χ1v) is 6.37. The molecular formula is C10H18O2P+. The van der Waals surface area contributed by atoms with Gasteiger partial charge in [-0.05, 0) is 29.9 Å². The van der Waals surface area contributed by atoms with E-state index < -0.39 is 8.03 Å². The standard InChI is InChI=1S/C10H18O2P/c1-2-3-9-13(11)12-10-7-5-4-6-8-10/h3,9-10H,2,4-8H2,1H3/q+1. The third-order valence-corrected chi connectivity index (χ3v) is 3.23. The molecule has 0 bridgehead atoms. The molecule has 0 spiro atoms. The second-order valence-electron chi connectivity index (χ2n) is 3.44. The quantitative estimate of drug-likeness (QED) is 0.642. The van der Waals surface area contributed by atoms with Gasteiger partial charge >= 0.3 is 8.03 Å². The lowest BCUT2D eigenvalue weighted by atomic mass is 9.98. The summed E-state index contributed by atoms with van der Waals surface area (Å²) in [7, 11) is -1.54. The van der Waals surface area contributed by atoms with E-state index in [-0.39, 0.29) is 6.10 Å².